The molecule has 3 rings (SSSR count). The Balaban J connectivity index is 2.02. The smallest absolute Gasteiger partial charge is 0.275 e. The second kappa shape index (κ2) is 6.25. The Morgan fingerprint density at radius 3 is 2.70 bits per heavy atom. The van der Waals surface area contributed by atoms with E-state index in [0.717, 1.165) is 25.7 Å². The highest BCUT2D eigenvalue weighted by Gasteiger charge is 2.30. The van der Waals surface area contributed by atoms with Crippen molar-refractivity contribution in [1.29, 1.82) is 5.26 Å². The van der Waals surface area contributed by atoms with Gasteiger partial charge >= 0.3 is 0 Å². The third kappa shape index (κ3) is 2.98. The number of aryl methyl sites for hydroxylation is 1. The fourth-order valence-electron chi connectivity index (χ4n) is 3.24. The number of halogens is 1. The van der Waals surface area contributed by atoms with Gasteiger partial charge < -0.3 is 9.47 Å². The molecule has 1 saturated carbocycles. The minimum atomic E-state index is -0.358. The van der Waals surface area contributed by atoms with Crippen molar-refractivity contribution in [2.45, 2.75) is 31.7 Å². The van der Waals surface area contributed by atoms with Crippen LogP contribution in [0.25, 0.3) is 0 Å². The molecule has 0 saturated heterocycles. The van der Waals surface area contributed by atoms with Crippen LogP contribution in [0.3, 0.4) is 0 Å². The highest BCUT2D eigenvalue weighted by molar-refractivity contribution is 6.05. The van der Waals surface area contributed by atoms with Gasteiger partial charge in [0.25, 0.3) is 5.91 Å². The van der Waals surface area contributed by atoms with Crippen LogP contribution in [0.1, 0.15) is 41.7 Å². The molecule has 2 aromatic rings. The first kappa shape index (κ1) is 15.3. The normalized spacial score (nSPS) is 14.7. The van der Waals surface area contributed by atoms with E-state index in [1.807, 2.05) is 6.07 Å². The van der Waals surface area contributed by atoms with Gasteiger partial charge in [-0.2, -0.15) is 5.26 Å². The number of nitrogens with zero attached hydrogens (tertiary/aromatic N) is 3. The zero-order chi connectivity index (χ0) is 16.4. The Hall–Kier alpha value is -2.61. The molecular weight excluding hydrogens is 293 g/mol. The van der Waals surface area contributed by atoms with Gasteiger partial charge in [-0.05, 0) is 37.1 Å². The van der Waals surface area contributed by atoms with Gasteiger partial charge in [0, 0.05) is 25.0 Å². The van der Waals surface area contributed by atoms with E-state index in [9.17, 15) is 9.18 Å². The van der Waals surface area contributed by atoms with Gasteiger partial charge in [0.1, 0.15) is 17.6 Å². The van der Waals surface area contributed by atoms with E-state index in [2.05, 4.69) is 0 Å². The van der Waals surface area contributed by atoms with Gasteiger partial charge in [0.2, 0.25) is 0 Å². The van der Waals surface area contributed by atoms with Crippen molar-refractivity contribution >= 4 is 11.6 Å². The standard InChI is InChI=1S/C18H18FN3O/c1-21-12-13(11-20)9-17(21)18(23)22(15-6-2-3-7-15)16-8-4-5-14(19)10-16/h4-5,8-10,12,15H,2-3,6-7H2,1H3. The van der Waals surface area contributed by atoms with Crippen molar-refractivity contribution in [1.82, 2.24) is 4.57 Å². The summed E-state index contributed by atoms with van der Waals surface area (Å²) in [6.07, 6.45) is 5.60. The molecule has 0 bridgehead atoms. The molecular formula is C18H18FN3O. The fourth-order valence-corrected chi connectivity index (χ4v) is 3.24. The lowest BCUT2D eigenvalue weighted by molar-refractivity contribution is 0.0969. The van der Waals surface area contributed by atoms with Crippen LogP contribution >= 0.6 is 0 Å². The molecule has 1 amide bonds. The lowest BCUT2D eigenvalue weighted by Gasteiger charge is -2.29. The first-order chi connectivity index (χ1) is 11.1. The average molecular weight is 311 g/mol. The summed E-state index contributed by atoms with van der Waals surface area (Å²) in [6.45, 7) is 0. The van der Waals surface area contributed by atoms with Crippen molar-refractivity contribution < 1.29 is 9.18 Å². The second-order valence-corrected chi connectivity index (χ2v) is 5.93. The van der Waals surface area contributed by atoms with E-state index < -0.39 is 0 Å². The molecule has 5 heteroatoms. The Labute approximate surface area is 134 Å². The number of anilines is 1. The number of nitriles is 1. The first-order valence-electron chi connectivity index (χ1n) is 7.76. The van der Waals surface area contributed by atoms with E-state index in [-0.39, 0.29) is 17.8 Å². The van der Waals surface area contributed by atoms with Crippen molar-refractivity contribution in [3.8, 4) is 6.07 Å². The van der Waals surface area contributed by atoms with Crippen LogP contribution in [0.2, 0.25) is 0 Å². The summed E-state index contributed by atoms with van der Waals surface area (Å²) in [7, 11) is 1.74. The quantitative estimate of drug-likeness (QED) is 0.869. The monoisotopic (exact) mass is 311 g/mol. The second-order valence-electron chi connectivity index (χ2n) is 5.93. The predicted octanol–water partition coefficient (Wildman–Crippen LogP) is 3.63. The molecule has 1 aliphatic rings. The van der Waals surface area contributed by atoms with Crippen LogP contribution in [-0.2, 0) is 7.05 Å². The van der Waals surface area contributed by atoms with Gasteiger partial charge in [0.15, 0.2) is 0 Å². The number of rotatable bonds is 3. The Kier molecular flexibility index (Phi) is 4.16. The van der Waals surface area contributed by atoms with E-state index in [1.54, 1.807) is 40.9 Å². The third-order valence-electron chi connectivity index (χ3n) is 4.35. The number of aromatic nitrogens is 1. The topological polar surface area (TPSA) is 49.0 Å². The van der Waals surface area contributed by atoms with Crippen molar-refractivity contribution in [3.05, 3.63) is 53.6 Å². The SMILES string of the molecule is Cn1cc(C#N)cc1C(=O)N(c1cccc(F)c1)C1CCCC1. The summed E-state index contributed by atoms with van der Waals surface area (Å²) < 4.78 is 15.3. The zero-order valence-corrected chi connectivity index (χ0v) is 13.0. The number of carbonyl (C=O) groups is 1. The summed E-state index contributed by atoms with van der Waals surface area (Å²) in [5, 5.41) is 9.02. The van der Waals surface area contributed by atoms with Crippen LogP contribution in [-0.4, -0.2) is 16.5 Å². The molecule has 0 unspecified atom stereocenters. The zero-order valence-electron chi connectivity index (χ0n) is 13.0. The summed E-state index contributed by atoms with van der Waals surface area (Å²) in [6, 6.07) is 9.85. The molecule has 0 atom stereocenters. The largest absolute Gasteiger partial charge is 0.345 e. The molecule has 1 aromatic heterocycles. The molecule has 1 aliphatic carbocycles. The number of carbonyl (C=O) groups excluding carboxylic acids is 1. The highest BCUT2D eigenvalue weighted by atomic mass is 19.1. The Morgan fingerprint density at radius 1 is 1.35 bits per heavy atom. The molecule has 0 aliphatic heterocycles. The van der Waals surface area contributed by atoms with Crippen LogP contribution in [0.4, 0.5) is 10.1 Å². The molecule has 4 nitrogen and oxygen atoms in total. The van der Waals surface area contributed by atoms with Gasteiger partial charge in [-0.25, -0.2) is 4.39 Å². The van der Waals surface area contributed by atoms with Gasteiger partial charge in [-0.15, -0.1) is 0 Å². The van der Waals surface area contributed by atoms with Crippen LogP contribution < -0.4 is 4.90 Å². The Bertz CT molecular complexity index is 769. The molecule has 0 radical (unpaired) electrons. The van der Waals surface area contributed by atoms with Crippen molar-refractivity contribution in [2.75, 3.05) is 4.90 Å². The van der Waals surface area contributed by atoms with Crippen LogP contribution in [0.5, 0.6) is 0 Å². The van der Waals surface area contributed by atoms with Crippen LogP contribution in [0.15, 0.2) is 36.5 Å². The van der Waals surface area contributed by atoms with Gasteiger partial charge in [-0.1, -0.05) is 18.9 Å². The molecule has 0 spiro atoms. The maximum absolute atomic E-state index is 13.6. The molecule has 118 valence electrons. The summed E-state index contributed by atoms with van der Waals surface area (Å²) in [5.74, 6) is -0.547. The lowest BCUT2D eigenvalue weighted by Crippen LogP contribution is -2.39. The molecule has 0 N–H and O–H groups in total. The first-order valence-corrected chi connectivity index (χ1v) is 7.76. The fraction of sp³-hybridized carbons (Fsp3) is 0.333. The van der Waals surface area contributed by atoms with Crippen molar-refractivity contribution in [3.63, 3.8) is 0 Å². The molecule has 1 heterocycles. The van der Waals surface area contributed by atoms with Crippen molar-refractivity contribution in [2.24, 2.45) is 7.05 Å². The van der Waals surface area contributed by atoms with E-state index in [1.165, 1.54) is 12.1 Å². The summed E-state index contributed by atoms with van der Waals surface area (Å²) >= 11 is 0. The Morgan fingerprint density at radius 2 is 2.09 bits per heavy atom. The predicted molar refractivity (Wildman–Crippen MR) is 85.6 cm³/mol. The molecule has 1 fully saturated rings. The maximum Gasteiger partial charge on any atom is 0.275 e. The minimum Gasteiger partial charge on any atom is -0.345 e. The average Bonchev–Trinajstić information content (AvgIpc) is 3.17. The number of hydrogen-bond acceptors (Lipinski definition) is 2. The van der Waals surface area contributed by atoms with E-state index >= 15 is 0 Å². The maximum atomic E-state index is 13.6. The van der Waals surface area contributed by atoms with E-state index in [4.69, 9.17) is 5.26 Å². The lowest BCUT2D eigenvalue weighted by atomic mass is 10.1. The third-order valence-corrected chi connectivity index (χ3v) is 4.35. The van der Waals surface area contributed by atoms with Crippen LogP contribution in [0, 0.1) is 17.1 Å². The van der Waals surface area contributed by atoms with Gasteiger partial charge in [-0.3, -0.25) is 4.79 Å². The summed E-state index contributed by atoms with van der Waals surface area (Å²) in [5.41, 5.74) is 1.46. The number of hydrogen-bond donors (Lipinski definition) is 0. The number of amides is 1. The molecule has 1 aromatic carbocycles. The number of benzene rings is 1. The molecule has 23 heavy (non-hydrogen) atoms. The minimum absolute atomic E-state index is 0.0738. The van der Waals surface area contributed by atoms with Gasteiger partial charge in [0.05, 0.1) is 5.56 Å². The highest BCUT2D eigenvalue weighted by Crippen LogP contribution is 2.30. The van der Waals surface area contributed by atoms with E-state index in [0.29, 0.717) is 16.9 Å². The summed E-state index contributed by atoms with van der Waals surface area (Å²) in [4.78, 5) is 14.8.